The van der Waals surface area contributed by atoms with Crippen LogP contribution < -0.4 is 5.32 Å². The van der Waals surface area contributed by atoms with E-state index >= 15 is 0 Å². The molecule has 406 valence electrons. The van der Waals surface area contributed by atoms with E-state index in [1.807, 2.05) is 48.7 Å². The molecule has 6 aromatic rings. The van der Waals surface area contributed by atoms with Crippen LogP contribution in [0.4, 0.5) is 0 Å². The first-order valence-corrected chi connectivity index (χ1v) is 30.6. The summed E-state index contributed by atoms with van der Waals surface area (Å²) in [6.45, 7) is 4.33. The smallest absolute Gasteiger partial charge is 0.320 e. The Kier molecular flexibility index (Phi) is 19.0. The maximum Gasteiger partial charge on any atom is 0.320 e. The number of rotatable bonds is 6. The van der Waals surface area contributed by atoms with E-state index in [0.717, 1.165) is 118 Å². The highest BCUT2D eigenvalue weighted by molar-refractivity contribution is 9.11. The predicted molar refractivity (Wildman–Crippen MR) is 318 cm³/mol. The van der Waals surface area contributed by atoms with Gasteiger partial charge in [-0.3, -0.25) is 29.9 Å². The number of piperidine rings is 3. The fourth-order valence-electron chi connectivity index (χ4n) is 13.5. The molecule has 10 nitrogen and oxygen atoms in total. The first-order valence-electron chi connectivity index (χ1n) is 27.1. The molecule has 3 saturated heterocycles. The van der Waals surface area contributed by atoms with Gasteiger partial charge in [0.25, 0.3) is 0 Å². The molecule has 3 aromatic carbocycles. The lowest BCUT2D eigenvalue weighted by molar-refractivity contribution is -0.253. The second-order valence-electron chi connectivity index (χ2n) is 22.0. The lowest BCUT2D eigenvalue weighted by Crippen LogP contribution is -2.46. The number of nitrogens with zero attached hydrogens (tertiary/aromatic N) is 5. The number of likely N-dealkylation sites (N-methyl/N-ethyl adjacent to an activating group) is 2. The van der Waals surface area contributed by atoms with Gasteiger partial charge in [0.1, 0.15) is 6.04 Å². The molecule has 3 aliphatic carbocycles. The standard InChI is InChI=1S/C21H24BrClN2O2.C21H22BrClN2O2.C19H20BrClN2/c1-25-7-6-14(10-18(25)12-27-26)20-19-5-4-17(23)9-13(19)2-3-15-8-16(22)11-24-21(15)20;1-25-7-6-13(10-18(25)21(26)27)19-17-5-4-16(23)9-12(17)2-3-14-8-15(22)11-24-20(14)19;20-15-9-14-2-1-13-10-16(21)3-4-17(13)18(19(14)23-11-15)12-5-7-22-8-6-12/h4-5,8-9,11,14,18,20,26H,2-3,6-7,10,12H2,1H3;4-5,8-9,11,13,18-19H,2-3,6-7,10H2,1H3,(H,26,27);3-4,9-12,18,22H,1-2,5-8H2/t;;18-/m..0/s1. The molecular weight excluding hydrogens is 1230 g/mol. The van der Waals surface area contributed by atoms with Crippen molar-refractivity contribution in [1.82, 2.24) is 30.1 Å². The van der Waals surface area contributed by atoms with Crippen molar-refractivity contribution in [2.45, 2.75) is 107 Å². The summed E-state index contributed by atoms with van der Waals surface area (Å²) < 4.78 is 3.08. The number of carbonyl (C=O) groups is 1. The van der Waals surface area contributed by atoms with Crippen LogP contribution in [0.25, 0.3) is 0 Å². The lowest BCUT2D eigenvalue weighted by Gasteiger charge is -2.40. The number of aromatic nitrogens is 3. The third-order valence-electron chi connectivity index (χ3n) is 17.4. The van der Waals surface area contributed by atoms with Crippen LogP contribution in [0.5, 0.6) is 0 Å². The molecule has 0 bridgehead atoms. The number of pyridine rings is 3. The predicted octanol–water partition coefficient (Wildman–Crippen LogP) is 14.2. The molecule has 3 aromatic heterocycles. The van der Waals surface area contributed by atoms with E-state index < -0.39 is 12.0 Å². The fourth-order valence-corrected chi connectivity index (χ4v) is 15.3. The van der Waals surface area contributed by atoms with Crippen molar-refractivity contribution in [3.8, 4) is 0 Å². The zero-order valence-electron chi connectivity index (χ0n) is 43.5. The summed E-state index contributed by atoms with van der Waals surface area (Å²) in [4.78, 5) is 35.0. The van der Waals surface area contributed by atoms with Gasteiger partial charge in [0.15, 0.2) is 0 Å². The Balaban J connectivity index is 0.000000131. The van der Waals surface area contributed by atoms with Gasteiger partial charge in [0.05, 0.1) is 23.7 Å². The normalized spacial score (nSPS) is 24.2. The van der Waals surface area contributed by atoms with Crippen molar-refractivity contribution >= 4 is 88.6 Å². The van der Waals surface area contributed by atoms with E-state index in [9.17, 15) is 9.90 Å². The fraction of sp³-hybridized carbons (Fsp3) is 0.443. The molecule has 0 radical (unpaired) electrons. The molecule has 77 heavy (non-hydrogen) atoms. The Bertz CT molecular complexity index is 2930. The third kappa shape index (κ3) is 13.1. The molecule has 3 N–H and O–H groups in total. The van der Waals surface area contributed by atoms with Crippen LogP contribution in [0.2, 0.25) is 15.1 Å². The summed E-state index contributed by atoms with van der Waals surface area (Å²) >= 11 is 29.6. The molecule has 7 atom stereocenters. The molecule has 0 saturated carbocycles. The van der Waals surface area contributed by atoms with Gasteiger partial charge in [0, 0.05) is 70.9 Å². The van der Waals surface area contributed by atoms with Crippen LogP contribution >= 0.6 is 82.6 Å². The van der Waals surface area contributed by atoms with Crippen molar-refractivity contribution < 1.29 is 20.0 Å². The Hall–Kier alpha value is -3.31. The van der Waals surface area contributed by atoms with Crippen LogP contribution in [0.1, 0.15) is 123 Å². The first kappa shape index (κ1) is 56.9. The first-order chi connectivity index (χ1) is 37.2. The van der Waals surface area contributed by atoms with E-state index in [4.69, 9.17) is 55.0 Å². The number of carboxylic acid groups (broad SMARTS) is 1. The summed E-state index contributed by atoms with van der Waals surface area (Å²) in [6, 6.07) is 25.3. The molecule has 6 heterocycles. The van der Waals surface area contributed by atoms with Gasteiger partial charge >= 0.3 is 5.97 Å². The third-order valence-corrected chi connectivity index (χ3v) is 19.4. The molecule has 3 fully saturated rings. The van der Waals surface area contributed by atoms with Crippen LogP contribution in [-0.2, 0) is 48.2 Å². The van der Waals surface area contributed by atoms with Crippen molar-refractivity contribution in [3.05, 3.63) is 187 Å². The van der Waals surface area contributed by atoms with Gasteiger partial charge in [-0.05, 0) is 288 Å². The molecule has 12 rings (SSSR count). The maximum absolute atomic E-state index is 11.8. The number of hydrogen-bond donors (Lipinski definition) is 3. The van der Waals surface area contributed by atoms with Crippen molar-refractivity contribution in [2.75, 3.05) is 46.9 Å². The number of carboxylic acids is 1. The number of hydrogen-bond acceptors (Lipinski definition) is 9. The topological polar surface area (TPSA) is 124 Å². The number of benzene rings is 3. The molecule has 6 aliphatic rings. The summed E-state index contributed by atoms with van der Waals surface area (Å²) in [5.74, 6) is 1.36. The number of halogens is 6. The Morgan fingerprint density at radius 1 is 0.571 bits per heavy atom. The largest absolute Gasteiger partial charge is 0.480 e. The minimum atomic E-state index is -0.740. The summed E-state index contributed by atoms with van der Waals surface area (Å²) in [5.41, 5.74) is 15.5. The zero-order valence-corrected chi connectivity index (χ0v) is 50.5. The van der Waals surface area contributed by atoms with Gasteiger partial charge in [-0.15, -0.1) is 0 Å². The van der Waals surface area contributed by atoms with Crippen LogP contribution in [0, 0.1) is 17.8 Å². The van der Waals surface area contributed by atoms with Gasteiger partial charge in [0.2, 0.25) is 0 Å². The lowest BCUT2D eigenvalue weighted by atomic mass is 9.74. The summed E-state index contributed by atoms with van der Waals surface area (Å²) in [5, 5.41) is 24.5. The number of aliphatic carboxylic acids is 1. The summed E-state index contributed by atoms with van der Waals surface area (Å²) in [6.07, 6.45) is 17.7. The second-order valence-corrected chi connectivity index (χ2v) is 26.0. The van der Waals surface area contributed by atoms with Gasteiger partial charge in [-0.25, -0.2) is 4.89 Å². The highest BCUT2D eigenvalue weighted by atomic mass is 79.9. The quantitative estimate of drug-likeness (QED) is 0.110. The second kappa shape index (κ2) is 25.6. The highest BCUT2D eigenvalue weighted by Gasteiger charge is 2.40. The van der Waals surface area contributed by atoms with E-state index in [-0.39, 0.29) is 23.8 Å². The minimum Gasteiger partial charge on any atom is -0.480 e. The Morgan fingerprint density at radius 2 is 0.961 bits per heavy atom. The van der Waals surface area contributed by atoms with Crippen LogP contribution in [0.3, 0.4) is 0 Å². The molecule has 3 aliphatic heterocycles. The number of aryl methyl sites for hydroxylation is 6. The number of nitrogens with one attached hydrogen (secondary N) is 1. The number of likely N-dealkylation sites (tertiary alicyclic amines) is 2. The van der Waals surface area contributed by atoms with E-state index in [0.29, 0.717) is 30.8 Å². The Morgan fingerprint density at radius 3 is 1.38 bits per heavy atom. The van der Waals surface area contributed by atoms with Crippen LogP contribution in [0.15, 0.2) is 105 Å². The molecule has 6 unspecified atom stereocenters. The van der Waals surface area contributed by atoms with Crippen molar-refractivity contribution in [1.29, 1.82) is 0 Å². The Labute approximate surface area is 493 Å². The summed E-state index contributed by atoms with van der Waals surface area (Å²) in [7, 11) is 4.00. The average molecular weight is 1290 g/mol. The van der Waals surface area contributed by atoms with E-state index in [1.54, 1.807) is 0 Å². The van der Waals surface area contributed by atoms with Gasteiger partial charge in [-0.1, -0.05) is 53.0 Å². The molecule has 0 spiro atoms. The highest BCUT2D eigenvalue weighted by Crippen LogP contribution is 2.47. The van der Waals surface area contributed by atoms with E-state index in [1.165, 1.54) is 74.3 Å². The van der Waals surface area contributed by atoms with Crippen molar-refractivity contribution in [2.24, 2.45) is 17.8 Å². The van der Waals surface area contributed by atoms with Crippen molar-refractivity contribution in [3.63, 3.8) is 0 Å². The molecule has 16 heteroatoms. The van der Waals surface area contributed by atoms with Gasteiger partial charge in [-0.2, -0.15) is 0 Å². The van der Waals surface area contributed by atoms with Crippen LogP contribution in [-0.4, -0.2) is 100 Å². The van der Waals surface area contributed by atoms with E-state index in [2.05, 4.69) is 125 Å². The maximum atomic E-state index is 11.8. The SMILES string of the molecule is CN1CCC(C2c3ccc(Cl)cc3CCc3cc(Br)cnc32)CC1C(=O)O.CN1CCC(C2c3ccc(Cl)cc3CCc3cc(Br)cnc32)CC1COO.Clc1ccc2c(c1)CCc1cc(Br)cnc1[C@H]2C1CCNCC1. The molecule has 0 amide bonds. The average Bonchev–Trinajstić information content (AvgIpc) is 3.82. The molecular formula is C61H66Br3Cl3N6O4. The minimum absolute atomic E-state index is 0.110. The number of fused-ring (bicyclic) bond motifs is 6. The monoisotopic (exact) mass is 1290 g/mol. The van der Waals surface area contributed by atoms with Gasteiger partial charge < -0.3 is 15.3 Å². The zero-order chi connectivity index (χ0) is 53.9.